The highest BCUT2D eigenvalue weighted by molar-refractivity contribution is 5.92. The van der Waals surface area contributed by atoms with Crippen molar-refractivity contribution in [2.75, 3.05) is 0 Å². The molecule has 1 N–H and O–H groups in total. The molecule has 3 aromatic heterocycles. The maximum atomic E-state index is 15.5. The van der Waals surface area contributed by atoms with Gasteiger partial charge in [-0.3, -0.25) is 0 Å². The summed E-state index contributed by atoms with van der Waals surface area (Å²) in [5, 5.41) is 9.46. The van der Waals surface area contributed by atoms with Crippen molar-refractivity contribution < 1.29 is 32.2 Å². The molecule has 3 aromatic carbocycles. The van der Waals surface area contributed by atoms with Crippen molar-refractivity contribution >= 4 is 17.0 Å². The molecule has 43 heavy (non-hydrogen) atoms. The van der Waals surface area contributed by atoms with E-state index in [2.05, 4.69) is 15.0 Å². The maximum Gasteiger partial charge on any atom is 0.335 e. The Hall–Kier alpha value is -5.45. The topological polar surface area (TPSA) is 103 Å². The molecule has 0 saturated heterocycles. The summed E-state index contributed by atoms with van der Waals surface area (Å²) in [6.45, 7) is 1.80. The zero-order chi connectivity index (χ0) is 30.1. The summed E-state index contributed by atoms with van der Waals surface area (Å²) < 4.78 is 57.7. The second kappa shape index (κ2) is 11.4. The van der Waals surface area contributed by atoms with Gasteiger partial charge in [-0.05, 0) is 60.5 Å². The van der Waals surface area contributed by atoms with Crippen molar-refractivity contribution in [3.63, 3.8) is 0 Å². The molecule has 3 heterocycles. The van der Waals surface area contributed by atoms with Gasteiger partial charge in [0.25, 0.3) is 0 Å². The van der Waals surface area contributed by atoms with Gasteiger partial charge in [-0.2, -0.15) is 0 Å². The number of nitrogens with zero attached hydrogens (tertiary/aromatic N) is 4. The van der Waals surface area contributed by atoms with Gasteiger partial charge < -0.3 is 18.8 Å². The van der Waals surface area contributed by atoms with Crippen molar-refractivity contribution in [3.8, 4) is 17.1 Å². The zero-order valence-corrected chi connectivity index (χ0v) is 22.7. The number of oxazole rings is 1. The van der Waals surface area contributed by atoms with Crippen LogP contribution in [0.2, 0.25) is 0 Å². The molecule has 0 bridgehead atoms. The van der Waals surface area contributed by atoms with Crippen LogP contribution in [0.3, 0.4) is 0 Å². The first-order valence-corrected chi connectivity index (χ1v) is 13.2. The molecule has 0 aliphatic rings. The lowest BCUT2D eigenvalue weighted by molar-refractivity contribution is 0.0697. The van der Waals surface area contributed by atoms with Crippen molar-refractivity contribution in [2.45, 2.75) is 26.5 Å². The summed E-state index contributed by atoms with van der Waals surface area (Å²) in [5.74, 6) is -2.10. The molecule has 0 aliphatic carbocycles. The Kier molecular flexibility index (Phi) is 7.37. The molecule has 11 heteroatoms. The number of imidazole rings is 1. The highest BCUT2D eigenvalue weighted by Gasteiger charge is 2.19. The van der Waals surface area contributed by atoms with Crippen LogP contribution in [0.5, 0.6) is 5.88 Å². The van der Waals surface area contributed by atoms with Gasteiger partial charge >= 0.3 is 5.97 Å². The highest BCUT2D eigenvalue weighted by atomic mass is 19.1. The number of hydrogen-bond acceptors (Lipinski definition) is 6. The second-order valence-corrected chi connectivity index (χ2v) is 9.89. The normalized spacial score (nSPS) is 11.3. The van der Waals surface area contributed by atoms with Crippen LogP contribution in [-0.4, -0.2) is 30.6 Å². The van der Waals surface area contributed by atoms with Crippen molar-refractivity contribution in [3.05, 3.63) is 131 Å². The molecular weight excluding hydrogens is 561 g/mol. The number of aromatic nitrogens is 4. The number of aryl methyl sites for hydroxylation is 1. The molecule has 8 nitrogen and oxygen atoms in total. The molecule has 6 rings (SSSR count). The Morgan fingerprint density at radius 2 is 1.79 bits per heavy atom. The van der Waals surface area contributed by atoms with Gasteiger partial charge in [0.15, 0.2) is 0 Å². The Balaban J connectivity index is 1.29. The van der Waals surface area contributed by atoms with E-state index in [1.165, 1.54) is 36.7 Å². The third kappa shape index (κ3) is 5.82. The SMILES string of the molecule is Cc1ccc(COc2cccc(-c3cc(F)c(Cc4nc5ccc(C(=O)O)cc5n4Cc4ncco4)cc3F)n2)c(F)c1. The van der Waals surface area contributed by atoms with Crippen LogP contribution in [0.1, 0.15) is 38.8 Å². The Labute approximate surface area is 243 Å². The smallest absolute Gasteiger partial charge is 0.335 e. The van der Waals surface area contributed by atoms with E-state index in [0.29, 0.717) is 28.3 Å². The molecule has 0 radical (unpaired) electrons. The van der Waals surface area contributed by atoms with Crippen molar-refractivity contribution in [2.24, 2.45) is 0 Å². The Morgan fingerprint density at radius 3 is 2.56 bits per heavy atom. The fourth-order valence-corrected chi connectivity index (χ4v) is 4.74. The van der Waals surface area contributed by atoms with E-state index in [1.54, 1.807) is 41.8 Å². The van der Waals surface area contributed by atoms with E-state index in [9.17, 15) is 14.3 Å². The number of pyridine rings is 1. The number of hydrogen-bond donors (Lipinski definition) is 1. The minimum Gasteiger partial charge on any atom is -0.478 e. The average molecular weight is 585 g/mol. The summed E-state index contributed by atoms with van der Waals surface area (Å²) in [5.41, 5.74) is 2.24. The number of carboxylic acids is 1. The van der Waals surface area contributed by atoms with Crippen molar-refractivity contribution in [1.82, 2.24) is 19.5 Å². The average Bonchev–Trinajstić information content (AvgIpc) is 3.62. The van der Waals surface area contributed by atoms with Gasteiger partial charge in [-0.25, -0.2) is 32.9 Å². The lowest BCUT2D eigenvalue weighted by atomic mass is 10.0. The fourth-order valence-electron chi connectivity index (χ4n) is 4.74. The van der Waals surface area contributed by atoms with Crippen LogP contribution in [0, 0.1) is 24.4 Å². The molecule has 0 saturated carbocycles. The van der Waals surface area contributed by atoms with Gasteiger partial charge in [0, 0.05) is 23.6 Å². The van der Waals surface area contributed by atoms with E-state index in [1.807, 2.05) is 0 Å². The number of carboxylic acid groups (broad SMARTS) is 1. The van der Waals surface area contributed by atoms with E-state index in [0.717, 1.165) is 17.7 Å². The molecule has 0 aliphatic heterocycles. The van der Waals surface area contributed by atoms with E-state index < -0.39 is 23.4 Å². The molecule has 0 spiro atoms. The predicted octanol–water partition coefficient (Wildman–Crippen LogP) is 6.73. The number of ether oxygens (including phenoxy) is 1. The zero-order valence-electron chi connectivity index (χ0n) is 22.7. The first-order chi connectivity index (χ1) is 20.7. The number of halogens is 3. The van der Waals surface area contributed by atoms with E-state index >= 15 is 8.78 Å². The lowest BCUT2D eigenvalue weighted by Gasteiger charge is -2.11. The quantitative estimate of drug-likeness (QED) is 0.201. The molecule has 0 unspecified atom stereocenters. The summed E-state index contributed by atoms with van der Waals surface area (Å²) in [6, 6.07) is 16.0. The van der Waals surface area contributed by atoms with Crippen LogP contribution >= 0.6 is 0 Å². The lowest BCUT2D eigenvalue weighted by Crippen LogP contribution is -2.08. The minimum absolute atomic E-state index is 0.0333. The molecule has 0 atom stereocenters. The van der Waals surface area contributed by atoms with Crippen LogP contribution in [-0.2, 0) is 19.6 Å². The molecule has 0 amide bonds. The third-order valence-electron chi connectivity index (χ3n) is 6.92. The van der Waals surface area contributed by atoms with Crippen LogP contribution < -0.4 is 4.74 Å². The number of aromatic carboxylic acids is 1. The van der Waals surface area contributed by atoms with Gasteiger partial charge in [-0.15, -0.1) is 0 Å². The summed E-state index contributed by atoms with van der Waals surface area (Å²) in [7, 11) is 0. The minimum atomic E-state index is -1.11. The summed E-state index contributed by atoms with van der Waals surface area (Å²) in [4.78, 5) is 24.6. The highest BCUT2D eigenvalue weighted by Crippen LogP contribution is 2.28. The monoisotopic (exact) mass is 584 g/mol. The first kappa shape index (κ1) is 27.7. The van der Waals surface area contributed by atoms with E-state index in [4.69, 9.17) is 9.15 Å². The van der Waals surface area contributed by atoms with E-state index in [-0.39, 0.29) is 47.8 Å². The number of rotatable bonds is 9. The molecule has 216 valence electrons. The summed E-state index contributed by atoms with van der Waals surface area (Å²) in [6.07, 6.45) is 2.78. The number of fused-ring (bicyclic) bond motifs is 1. The second-order valence-electron chi connectivity index (χ2n) is 9.89. The summed E-state index contributed by atoms with van der Waals surface area (Å²) >= 11 is 0. The van der Waals surface area contributed by atoms with Gasteiger partial charge in [0.05, 0.1) is 28.5 Å². The standard InChI is InChI=1S/C32H23F3N4O4/c1-18-5-6-20(23(33)11-18)17-43-30-4-2-3-26(38-30)22-15-24(34)21(12-25(22)35)14-29-37-27-8-7-19(32(40)41)13-28(27)39(29)16-31-36-9-10-42-31/h2-13,15H,14,16-17H2,1H3,(H,40,41). The predicted molar refractivity (Wildman–Crippen MR) is 150 cm³/mol. The molecule has 0 fully saturated rings. The number of carbonyl (C=O) groups is 1. The first-order valence-electron chi connectivity index (χ1n) is 13.2. The van der Waals surface area contributed by atoms with Gasteiger partial charge in [-0.1, -0.05) is 18.2 Å². The Bertz CT molecular complexity index is 1970. The van der Waals surface area contributed by atoms with Crippen LogP contribution in [0.4, 0.5) is 13.2 Å². The fraction of sp³-hybridized carbons (Fsp3) is 0.125. The third-order valence-corrected chi connectivity index (χ3v) is 6.92. The van der Waals surface area contributed by atoms with Crippen molar-refractivity contribution in [1.29, 1.82) is 0 Å². The Morgan fingerprint density at radius 1 is 0.953 bits per heavy atom. The number of benzene rings is 3. The van der Waals surface area contributed by atoms with Gasteiger partial charge in [0.1, 0.15) is 42.7 Å². The van der Waals surface area contributed by atoms with Gasteiger partial charge in [0.2, 0.25) is 11.8 Å². The molecular formula is C32H23F3N4O4. The van der Waals surface area contributed by atoms with Crippen LogP contribution in [0.15, 0.2) is 83.6 Å². The van der Waals surface area contributed by atoms with Crippen LogP contribution in [0.25, 0.3) is 22.3 Å². The molecule has 6 aromatic rings. The largest absolute Gasteiger partial charge is 0.478 e. The maximum absolute atomic E-state index is 15.5.